The molecule has 0 bridgehead atoms. The lowest BCUT2D eigenvalue weighted by atomic mass is 10.1. The molecule has 0 spiro atoms. The van der Waals surface area contributed by atoms with Gasteiger partial charge in [0.2, 0.25) is 0 Å². The molecular weight excluding hydrogens is 267 g/mol. The van der Waals surface area contributed by atoms with Crippen molar-refractivity contribution in [3.05, 3.63) is 71.0 Å². The van der Waals surface area contributed by atoms with Crippen LogP contribution in [0.15, 0.2) is 42.5 Å². The Morgan fingerprint density at radius 1 is 0.950 bits per heavy atom. The van der Waals surface area contributed by atoms with E-state index < -0.39 is 17.7 Å². The summed E-state index contributed by atoms with van der Waals surface area (Å²) in [6, 6.07) is 9.09. The molecule has 0 heterocycles. The second-order valence-electron chi connectivity index (χ2n) is 4.39. The van der Waals surface area contributed by atoms with E-state index in [1.165, 1.54) is 12.1 Å². The molecule has 0 aliphatic rings. The van der Waals surface area contributed by atoms with Gasteiger partial charge in [-0.2, -0.15) is 0 Å². The van der Waals surface area contributed by atoms with E-state index in [1.807, 2.05) is 0 Å². The number of hydrogen-bond donors (Lipinski definition) is 1. The molecule has 0 aliphatic carbocycles. The molecule has 2 rings (SSSR count). The maximum atomic E-state index is 13.3. The zero-order chi connectivity index (χ0) is 14.5. The number of rotatable bonds is 5. The minimum Gasteiger partial charge on any atom is -0.375 e. The number of halogens is 3. The van der Waals surface area contributed by atoms with E-state index in [1.54, 1.807) is 18.2 Å². The average Bonchev–Trinajstić information content (AvgIpc) is 2.44. The number of benzene rings is 2. The maximum Gasteiger partial charge on any atom is 0.159 e. The van der Waals surface area contributed by atoms with Crippen LogP contribution in [0.4, 0.5) is 13.2 Å². The van der Waals surface area contributed by atoms with Gasteiger partial charge in [-0.3, -0.25) is 0 Å². The molecule has 2 nitrogen and oxygen atoms in total. The summed E-state index contributed by atoms with van der Waals surface area (Å²) in [5.41, 5.74) is 6.66. The van der Waals surface area contributed by atoms with Crippen molar-refractivity contribution >= 4 is 0 Å². The lowest BCUT2D eigenvalue weighted by molar-refractivity contribution is 0.106. The fraction of sp³-hybridized carbons (Fsp3) is 0.200. The van der Waals surface area contributed by atoms with E-state index in [4.69, 9.17) is 10.5 Å². The van der Waals surface area contributed by atoms with Gasteiger partial charge in [-0.25, -0.2) is 13.2 Å². The Morgan fingerprint density at radius 3 is 2.40 bits per heavy atom. The number of ether oxygens (including phenoxy) is 1. The van der Waals surface area contributed by atoms with Crippen LogP contribution in [-0.4, -0.2) is 6.61 Å². The van der Waals surface area contributed by atoms with Gasteiger partial charge in [0.25, 0.3) is 0 Å². The molecule has 5 heteroatoms. The van der Waals surface area contributed by atoms with Crippen molar-refractivity contribution in [1.29, 1.82) is 0 Å². The fourth-order valence-electron chi connectivity index (χ4n) is 1.75. The minimum atomic E-state index is -0.952. The van der Waals surface area contributed by atoms with E-state index in [9.17, 15) is 13.2 Å². The highest BCUT2D eigenvalue weighted by Gasteiger charge is 2.10. The molecule has 0 saturated heterocycles. The highest BCUT2D eigenvalue weighted by atomic mass is 19.2. The summed E-state index contributed by atoms with van der Waals surface area (Å²) in [4.78, 5) is 0. The first-order valence-corrected chi connectivity index (χ1v) is 6.09. The average molecular weight is 281 g/mol. The molecule has 0 aromatic heterocycles. The Morgan fingerprint density at radius 2 is 1.70 bits per heavy atom. The lowest BCUT2D eigenvalue weighted by Crippen LogP contribution is -2.17. The second kappa shape index (κ2) is 6.54. The van der Waals surface area contributed by atoms with Gasteiger partial charge in [0.05, 0.1) is 19.3 Å². The van der Waals surface area contributed by atoms with Gasteiger partial charge >= 0.3 is 0 Å². The van der Waals surface area contributed by atoms with Gasteiger partial charge in [0.15, 0.2) is 11.6 Å². The zero-order valence-electron chi connectivity index (χ0n) is 10.7. The van der Waals surface area contributed by atoms with E-state index in [2.05, 4.69) is 0 Å². The van der Waals surface area contributed by atoms with Crippen LogP contribution in [-0.2, 0) is 11.3 Å². The summed E-state index contributed by atoms with van der Waals surface area (Å²) in [7, 11) is 0. The van der Waals surface area contributed by atoms with Crippen molar-refractivity contribution in [2.75, 3.05) is 6.61 Å². The van der Waals surface area contributed by atoms with Crippen LogP contribution in [0, 0.1) is 17.5 Å². The Bertz CT molecular complexity index is 589. The Balaban J connectivity index is 1.90. The quantitative estimate of drug-likeness (QED) is 0.912. The monoisotopic (exact) mass is 281 g/mol. The smallest absolute Gasteiger partial charge is 0.159 e. The molecule has 0 aliphatic heterocycles. The first-order valence-electron chi connectivity index (χ1n) is 6.09. The zero-order valence-corrected chi connectivity index (χ0v) is 10.7. The third kappa shape index (κ3) is 3.59. The fourth-order valence-corrected chi connectivity index (χ4v) is 1.75. The molecule has 2 N–H and O–H groups in total. The first-order chi connectivity index (χ1) is 9.58. The summed E-state index contributed by atoms with van der Waals surface area (Å²) in [6.07, 6.45) is 0. The van der Waals surface area contributed by atoms with Crippen molar-refractivity contribution in [2.45, 2.75) is 12.6 Å². The van der Waals surface area contributed by atoms with Gasteiger partial charge in [-0.05, 0) is 23.8 Å². The molecule has 1 unspecified atom stereocenters. The van der Waals surface area contributed by atoms with Gasteiger partial charge in [-0.1, -0.05) is 24.3 Å². The summed E-state index contributed by atoms with van der Waals surface area (Å²) < 4.78 is 44.5. The predicted molar refractivity (Wildman–Crippen MR) is 69.3 cm³/mol. The molecule has 0 fully saturated rings. The summed E-state index contributed by atoms with van der Waals surface area (Å²) in [6.45, 7) is 0.156. The Kier molecular flexibility index (Phi) is 4.76. The van der Waals surface area contributed by atoms with E-state index in [0.717, 1.165) is 12.1 Å². The van der Waals surface area contributed by atoms with Crippen molar-refractivity contribution in [3.63, 3.8) is 0 Å². The van der Waals surface area contributed by atoms with Crippen LogP contribution in [0.25, 0.3) is 0 Å². The van der Waals surface area contributed by atoms with Gasteiger partial charge in [0.1, 0.15) is 5.82 Å². The molecular formula is C15H14F3NO. The van der Waals surface area contributed by atoms with E-state index >= 15 is 0 Å². The standard InChI is InChI=1S/C15H14F3NO/c16-12-4-2-1-3-11(12)8-20-9-15(19)10-5-6-13(17)14(18)7-10/h1-7,15H,8-9,19H2. The summed E-state index contributed by atoms with van der Waals surface area (Å²) in [5.74, 6) is -2.23. The SMILES string of the molecule is NC(COCc1ccccc1F)c1ccc(F)c(F)c1. The third-order valence-electron chi connectivity index (χ3n) is 2.88. The topological polar surface area (TPSA) is 35.2 Å². The van der Waals surface area contributed by atoms with Crippen LogP contribution >= 0.6 is 0 Å². The van der Waals surface area contributed by atoms with E-state index in [-0.39, 0.29) is 19.0 Å². The maximum absolute atomic E-state index is 13.3. The first kappa shape index (κ1) is 14.6. The van der Waals surface area contributed by atoms with Crippen molar-refractivity contribution in [3.8, 4) is 0 Å². The largest absolute Gasteiger partial charge is 0.375 e. The normalized spacial score (nSPS) is 12.4. The Hall–Kier alpha value is -1.85. The molecule has 0 amide bonds. The number of hydrogen-bond acceptors (Lipinski definition) is 2. The Labute approximate surface area is 115 Å². The van der Waals surface area contributed by atoms with Crippen LogP contribution in [0.3, 0.4) is 0 Å². The van der Waals surface area contributed by atoms with Crippen molar-refractivity contribution in [1.82, 2.24) is 0 Å². The molecule has 20 heavy (non-hydrogen) atoms. The molecule has 1 atom stereocenters. The van der Waals surface area contributed by atoms with Crippen LogP contribution in [0.1, 0.15) is 17.2 Å². The summed E-state index contributed by atoms with van der Waals surface area (Å²) in [5, 5.41) is 0. The van der Waals surface area contributed by atoms with Gasteiger partial charge < -0.3 is 10.5 Å². The second-order valence-corrected chi connectivity index (χ2v) is 4.39. The van der Waals surface area contributed by atoms with Crippen molar-refractivity contribution < 1.29 is 17.9 Å². The van der Waals surface area contributed by atoms with Gasteiger partial charge in [0, 0.05) is 5.56 Å². The third-order valence-corrected chi connectivity index (χ3v) is 2.88. The highest BCUT2D eigenvalue weighted by Crippen LogP contribution is 2.16. The highest BCUT2D eigenvalue weighted by molar-refractivity contribution is 5.21. The molecule has 0 saturated carbocycles. The van der Waals surface area contributed by atoms with Crippen LogP contribution < -0.4 is 5.73 Å². The van der Waals surface area contributed by atoms with Gasteiger partial charge in [-0.15, -0.1) is 0 Å². The lowest BCUT2D eigenvalue weighted by Gasteiger charge is -2.13. The molecule has 2 aromatic carbocycles. The van der Waals surface area contributed by atoms with E-state index in [0.29, 0.717) is 11.1 Å². The number of nitrogens with two attached hydrogens (primary N) is 1. The molecule has 2 aromatic rings. The molecule has 106 valence electrons. The van der Waals surface area contributed by atoms with Crippen LogP contribution in [0.2, 0.25) is 0 Å². The molecule has 0 radical (unpaired) electrons. The summed E-state index contributed by atoms with van der Waals surface area (Å²) >= 11 is 0. The van der Waals surface area contributed by atoms with Crippen molar-refractivity contribution in [2.24, 2.45) is 5.73 Å². The predicted octanol–water partition coefficient (Wildman–Crippen LogP) is 3.32. The van der Waals surface area contributed by atoms with Crippen LogP contribution in [0.5, 0.6) is 0 Å². The minimum absolute atomic E-state index is 0.0735.